The zero-order chi connectivity index (χ0) is 14.5. The normalized spacial score (nSPS) is 10.5. The lowest BCUT2D eigenvalue weighted by Crippen LogP contribution is -2.00. The maximum atomic E-state index is 10.9. The van der Waals surface area contributed by atoms with Crippen LogP contribution in [0.5, 0.6) is 0 Å². The van der Waals surface area contributed by atoms with E-state index in [1.165, 1.54) is 0 Å². The molecule has 3 nitrogen and oxygen atoms in total. The number of ether oxygens (including phenoxy) is 1. The number of rotatable bonds is 5. The van der Waals surface area contributed by atoms with Crippen molar-refractivity contribution in [1.82, 2.24) is 0 Å². The van der Waals surface area contributed by atoms with Crippen molar-refractivity contribution in [1.29, 1.82) is 0 Å². The zero-order valence-corrected chi connectivity index (χ0v) is 11.9. The molecule has 0 bridgehead atoms. The second kappa shape index (κ2) is 6.55. The molecule has 0 heterocycles. The maximum absolute atomic E-state index is 10.9. The average Bonchev–Trinajstić information content (AvgIpc) is 2.40. The standard InChI is InChI=1S/C16H15ClO3/c1-11-7-13(16(18)19)5-6-14(11)10-20-9-12-3-2-4-15(17)8-12/h2-8H,9-10H2,1H3,(H,18,19). The largest absolute Gasteiger partial charge is 0.478 e. The smallest absolute Gasteiger partial charge is 0.335 e. The third-order valence-corrected chi connectivity index (χ3v) is 3.24. The molecule has 2 rings (SSSR count). The Morgan fingerprint density at radius 1 is 1.20 bits per heavy atom. The summed E-state index contributed by atoms with van der Waals surface area (Å²) in [5.74, 6) is -0.917. The first-order valence-electron chi connectivity index (χ1n) is 6.21. The molecule has 0 fully saturated rings. The van der Waals surface area contributed by atoms with Crippen molar-refractivity contribution in [2.24, 2.45) is 0 Å². The second-order valence-corrected chi connectivity index (χ2v) is 5.01. The average molecular weight is 291 g/mol. The number of benzene rings is 2. The third-order valence-electron chi connectivity index (χ3n) is 3.00. The van der Waals surface area contributed by atoms with Gasteiger partial charge in [0.1, 0.15) is 0 Å². The number of hydrogen-bond donors (Lipinski definition) is 1. The van der Waals surface area contributed by atoms with Gasteiger partial charge in [0.25, 0.3) is 0 Å². The molecule has 0 saturated carbocycles. The van der Waals surface area contributed by atoms with E-state index in [1.807, 2.05) is 31.2 Å². The van der Waals surface area contributed by atoms with Crippen LogP contribution in [-0.2, 0) is 18.0 Å². The predicted molar refractivity (Wildman–Crippen MR) is 78.1 cm³/mol. The summed E-state index contributed by atoms with van der Waals surface area (Å²) < 4.78 is 5.64. The predicted octanol–water partition coefficient (Wildman–Crippen LogP) is 4.06. The van der Waals surface area contributed by atoms with E-state index in [0.29, 0.717) is 23.8 Å². The number of carboxylic acid groups (broad SMARTS) is 1. The minimum absolute atomic E-state index is 0.293. The molecule has 0 spiro atoms. The van der Waals surface area contributed by atoms with E-state index in [2.05, 4.69) is 0 Å². The number of carbonyl (C=O) groups is 1. The summed E-state index contributed by atoms with van der Waals surface area (Å²) in [6.07, 6.45) is 0. The van der Waals surface area contributed by atoms with Crippen molar-refractivity contribution >= 4 is 17.6 Å². The van der Waals surface area contributed by atoms with Crippen LogP contribution < -0.4 is 0 Å². The van der Waals surface area contributed by atoms with Gasteiger partial charge in [-0.15, -0.1) is 0 Å². The molecule has 0 saturated heterocycles. The van der Waals surface area contributed by atoms with E-state index in [1.54, 1.807) is 18.2 Å². The monoisotopic (exact) mass is 290 g/mol. The maximum Gasteiger partial charge on any atom is 0.335 e. The molecule has 0 radical (unpaired) electrons. The van der Waals surface area contributed by atoms with Crippen molar-refractivity contribution in [3.05, 3.63) is 69.7 Å². The van der Waals surface area contributed by atoms with Crippen LogP contribution in [0.15, 0.2) is 42.5 Å². The Kier molecular flexibility index (Phi) is 4.77. The molecule has 20 heavy (non-hydrogen) atoms. The fourth-order valence-electron chi connectivity index (χ4n) is 1.90. The van der Waals surface area contributed by atoms with E-state index in [4.69, 9.17) is 21.4 Å². The van der Waals surface area contributed by atoms with Crippen LogP contribution in [0.1, 0.15) is 27.0 Å². The van der Waals surface area contributed by atoms with Gasteiger partial charge in [-0.05, 0) is 47.9 Å². The molecule has 0 aromatic heterocycles. The van der Waals surface area contributed by atoms with Crippen molar-refractivity contribution in [2.45, 2.75) is 20.1 Å². The number of aryl methyl sites for hydroxylation is 1. The quantitative estimate of drug-likeness (QED) is 0.903. The molecule has 0 amide bonds. The van der Waals surface area contributed by atoms with Crippen LogP contribution in [0.3, 0.4) is 0 Å². The number of hydrogen-bond acceptors (Lipinski definition) is 2. The summed E-state index contributed by atoms with van der Waals surface area (Å²) in [4.78, 5) is 10.9. The van der Waals surface area contributed by atoms with Crippen LogP contribution in [0.25, 0.3) is 0 Å². The van der Waals surface area contributed by atoms with Crippen LogP contribution in [0, 0.1) is 6.92 Å². The van der Waals surface area contributed by atoms with Gasteiger partial charge < -0.3 is 9.84 Å². The summed E-state index contributed by atoms with van der Waals surface area (Å²) in [5.41, 5.74) is 3.20. The molecular formula is C16H15ClO3. The minimum Gasteiger partial charge on any atom is -0.478 e. The molecule has 1 N–H and O–H groups in total. The van der Waals surface area contributed by atoms with Gasteiger partial charge in [-0.25, -0.2) is 4.79 Å². The van der Waals surface area contributed by atoms with Crippen LogP contribution in [0.2, 0.25) is 5.02 Å². The summed E-state index contributed by atoms with van der Waals surface area (Å²) in [7, 11) is 0. The fraction of sp³-hybridized carbons (Fsp3) is 0.188. The van der Waals surface area contributed by atoms with Gasteiger partial charge in [0.05, 0.1) is 18.8 Å². The van der Waals surface area contributed by atoms with E-state index in [9.17, 15) is 4.79 Å². The Bertz CT molecular complexity index is 623. The van der Waals surface area contributed by atoms with Gasteiger partial charge in [-0.3, -0.25) is 0 Å². The Balaban J connectivity index is 1.96. The molecule has 0 aliphatic rings. The highest BCUT2D eigenvalue weighted by Crippen LogP contribution is 2.15. The molecule has 2 aromatic rings. The summed E-state index contributed by atoms with van der Waals surface area (Å²) >= 11 is 5.90. The fourth-order valence-corrected chi connectivity index (χ4v) is 2.11. The van der Waals surface area contributed by atoms with Gasteiger partial charge in [-0.1, -0.05) is 29.8 Å². The Labute approximate surface area is 122 Å². The molecule has 0 atom stereocenters. The highest BCUT2D eigenvalue weighted by atomic mass is 35.5. The topological polar surface area (TPSA) is 46.5 Å². The van der Waals surface area contributed by atoms with Gasteiger partial charge in [-0.2, -0.15) is 0 Å². The molecule has 104 valence electrons. The summed E-state index contributed by atoms with van der Waals surface area (Å²) in [6.45, 7) is 2.80. The Morgan fingerprint density at radius 3 is 2.65 bits per heavy atom. The van der Waals surface area contributed by atoms with Gasteiger partial charge in [0.15, 0.2) is 0 Å². The van der Waals surface area contributed by atoms with Gasteiger partial charge >= 0.3 is 5.97 Å². The van der Waals surface area contributed by atoms with Crippen molar-refractivity contribution in [3.8, 4) is 0 Å². The third kappa shape index (κ3) is 3.83. The molecule has 0 aliphatic heterocycles. The molecule has 4 heteroatoms. The number of halogens is 1. The van der Waals surface area contributed by atoms with Crippen LogP contribution in [0.4, 0.5) is 0 Å². The van der Waals surface area contributed by atoms with Crippen molar-refractivity contribution < 1.29 is 14.6 Å². The van der Waals surface area contributed by atoms with E-state index in [0.717, 1.165) is 16.7 Å². The first-order chi connectivity index (χ1) is 9.56. The van der Waals surface area contributed by atoms with E-state index < -0.39 is 5.97 Å². The molecule has 2 aromatic carbocycles. The van der Waals surface area contributed by atoms with Gasteiger partial charge in [0, 0.05) is 5.02 Å². The Hall–Kier alpha value is -1.84. The molecular weight excluding hydrogens is 276 g/mol. The molecule has 0 unspecified atom stereocenters. The van der Waals surface area contributed by atoms with Crippen LogP contribution in [-0.4, -0.2) is 11.1 Å². The SMILES string of the molecule is Cc1cc(C(=O)O)ccc1COCc1cccc(Cl)c1. The lowest BCUT2D eigenvalue weighted by molar-refractivity contribution is 0.0696. The van der Waals surface area contributed by atoms with E-state index in [-0.39, 0.29) is 0 Å². The first-order valence-corrected chi connectivity index (χ1v) is 6.59. The highest BCUT2D eigenvalue weighted by Gasteiger charge is 2.06. The first kappa shape index (κ1) is 14.6. The van der Waals surface area contributed by atoms with Crippen molar-refractivity contribution in [3.63, 3.8) is 0 Å². The van der Waals surface area contributed by atoms with Crippen LogP contribution >= 0.6 is 11.6 Å². The molecule has 0 aliphatic carbocycles. The van der Waals surface area contributed by atoms with Gasteiger partial charge in [0.2, 0.25) is 0 Å². The van der Waals surface area contributed by atoms with Crippen molar-refractivity contribution in [2.75, 3.05) is 0 Å². The zero-order valence-electron chi connectivity index (χ0n) is 11.1. The lowest BCUT2D eigenvalue weighted by Gasteiger charge is -2.08. The minimum atomic E-state index is -0.917. The summed E-state index contributed by atoms with van der Waals surface area (Å²) in [5, 5.41) is 9.60. The van der Waals surface area contributed by atoms with E-state index >= 15 is 0 Å². The number of carboxylic acids is 1. The Morgan fingerprint density at radius 2 is 2.00 bits per heavy atom. The second-order valence-electron chi connectivity index (χ2n) is 4.57. The summed E-state index contributed by atoms with van der Waals surface area (Å²) in [6, 6.07) is 12.5. The number of aromatic carboxylic acids is 1. The lowest BCUT2D eigenvalue weighted by atomic mass is 10.1. The highest BCUT2D eigenvalue weighted by molar-refractivity contribution is 6.30.